The van der Waals surface area contributed by atoms with Crippen molar-refractivity contribution in [1.82, 2.24) is 0 Å². The van der Waals surface area contributed by atoms with Gasteiger partial charge in [-0.25, -0.2) is 0 Å². The van der Waals surface area contributed by atoms with Crippen LogP contribution in [0.2, 0.25) is 0 Å². The third-order valence-electron chi connectivity index (χ3n) is 4.87. The Morgan fingerprint density at radius 1 is 0.889 bits per heavy atom. The van der Waals surface area contributed by atoms with Gasteiger partial charge in [0.25, 0.3) is 0 Å². The molecule has 1 aliphatic rings. The Hall–Kier alpha value is -0.0400. The number of hydrogen-bond donors (Lipinski definition) is 1. The second kappa shape index (κ2) is 9.83. The van der Waals surface area contributed by atoms with E-state index in [1.165, 1.54) is 70.6 Å². The van der Waals surface area contributed by atoms with Crippen molar-refractivity contribution < 1.29 is 5.11 Å². The van der Waals surface area contributed by atoms with E-state index in [9.17, 15) is 5.11 Å². The summed E-state index contributed by atoms with van der Waals surface area (Å²) in [5, 5.41) is 10.2. The van der Waals surface area contributed by atoms with E-state index in [1.807, 2.05) is 0 Å². The lowest BCUT2D eigenvalue weighted by Gasteiger charge is -2.31. The van der Waals surface area contributed by atoms with Crippen molar-refractivity contribution in [2.24, 2.45) is 11.8 Å². The molecule has 0 aliphatic heterocycles. The third-order valence-corrected chi connectivity index (χ3v) is 4.87. The summed E-state index contributed by atoms with van der Waals surface area (Å²) in [5.41, 5.74) is 0. The van der Waals surface area contributed by atoms with Crippen molar-refractivity contribution in [2.45, 2.75) is 97.0 Å². The normalized spacial score (nSPS) is 26.2. The van der Waals surface area contributed by atoms with Crippen LogP contribution >= 0.6 is 0 Å². The van der Waals surface area contributed by atoms with Crippen molar-refractivity contribution in [3.05, 3.63) is 0 Å². The highest BCUT2D eigenvalue weighted by Gasteiger charge is 2.25. The second-order valence-corrected chi connectivity index (χ2v) is 6.31. The molecule has 0 bridgehead atoms. The van der Waals surface area contributed by atoms with Crippen LogP contribution in [0.3, 0.4) is 0 Å². The van der Waals surface area contributed by atoms with Crippen LogP contribution in [0.4, 0.5) is 0 Å². The Kier molecular flexibility index (Phi) is 8.75. The minimum Gasteiger partial charge on any atom is -0.393 e. The smallest absolute Gasteiger partial charge is 0.0568 e. The van der Waals surface area contributed by atoms with E-state index in [-0.39, 0.29) is 6.10 Å². The predicted octanol–water partition coefficient (Wildman–Crippen LogP) is 5.31. The summed E-state index contributed by atoms with van der Waals surface area (Å²) in [4.78, 5) is 0. The summed E-state index contributed by atoms with van der Waals surface area (Å²) < 4.78 is 0. The second-order valence-electron chi connectivity index (χ2n) is 6.31. The maximum absolute atomic E-state index is 10.2. The van der Waals surface area contributed by atoms with Crippen molar-refractivity contribution in [2.75, 3.05) is 0 Å². The van der Waals surface area contributed by atoms with Gasteiger partial charge in [-0.15, -0.1) is 0 Å². The monoisotopic (exact) mass is 254 g/mol. The summed E-state index contributed by atoms with van der Waals surface area (Å²) >= 11 is 0. The fourth-order valence-corrected chi connectivity index (χ4v) is 3.35. The topological polar surface area (TPSA) is 20.2 Å². The molecule has 1 N–H and O–H groups in total. The molecule has 1 heteroatoms. The highest BCUT2D eigenvalue weighted by Crippen LogP contribution is 2.33. The SMILES string of the molecule is CCCCCCCCC(O)C1CCC(CC)CC1. The van der Waals surface area contributed by atoms with Gasteiger partial charge in [0.05, 0.1) is 6.10 Å². The van der Waals surface area contributed by atoms with Gasteiger partial charge in [-0.05, 0) is 31.1 Å². The van der Waals surface area contributed by atoms with Gasteiger partial charge in [0.2, 0.25) is 0 Å². The average molecular weight is 254 g/mol. The highest BCUT2D eigenvalue weighted by molar-refractivity contribution is 4.77. The molecule has 108 valence electrons. The van der Waals surface area contributed by atoms with Crippen LogP contribution in [-0.2, 0) is 0 Å². The maximum atomic E-state index is 10.2. The van der Waals surface area contributed by atoms with Crippen LogP contribution in [-0.4, -0.2) is 11.2 Å². The molecular formula is C17H34O. The summed E-state index contributed by atoms with van der Waals surface area (Å²) in [6.45, 7) is 4.56. The van der Waals surface area contributed by atoms with Gasteiger partial charge < -0.3 is 5.11 Å². The molecule has 1 unspecified atom stereocenters. The standard InChI is InChI=1S/C17H34O/c1-3-5-6-7-8-9-10-17(18)16-13-11-15(4-2)12-14-16/h15-18H,3-14H2,1-2H3. The summed E-state index contributed by atoms with van der Waals surface area (Å²) in [5.74, 6) is 1.56. The molecule has 1 rings (SSSR count). The molecule has 0 spiro atoms. The number of aliphatic hydroxyl groups excluding tert-OH is 1. The van der Waals surface area contributed by atoms with Crippen LogP contribution in [0, 0.1) is 11.8 Å². The summed E-state index contributed by atoms with van der Waals surface area (Å²) in [6, 6.07) is 0. The first-order chi connectivity index (χ1) is 8.77. The van der Waals surface area contributed by atoms with Crippen LogP contribution in [0.5, 0.6) is 0 Å². The van der Waals surface area contributed by atoms with Crippen molar-refractivity contribution in [1.29, 1.82) is 0 Å². The van der Waals surface area contributed by atoms with E-state index in [2.05, 4.69) is 13.8 Å². The van der Waals surface area contributed by atoms with E-state index in [1.54, 1.807) is 0 Å². The number of rotatable bonds is 9. The van der Waals surface area contributed by atoms with E-state index in [0.717, 1.165) is 12.3 Å². The highest BCUT2D eigenvalue weighted by atomic mass is 16.3. The van der Waals surface area contributed by atoms with Gasteiger partial charge in [0, 0.05) is 0 Å². The first kappa shape index (κ1) is 16.0. The fourth-order valence-electron chi connectivity index (χ4n) is 3.35. The quantitative estimate of drug-likeness (QED) is 0.552. The van der Waals surface area contributed by atoms with Gasteiger partial charge in [-0.3, -0.25) is 0 Å². The zero-order chi connectivity index (χ0) is 13.2. The molecule has 1 atom stereocenters. The lowest BCUT2D eigenvalue weighted by molar-refractivity contribution is 0.0642. The fraction of sp³-hybridized carbons (Fsp3) is 1.00. The van der Waals surface area contributed by atoms with E-state index in [0.29, 0.717) is 5.92 Å². The number of hydrogen-bond acceptors (Lipinski definition) is 1. The molecule has 0 heterocycles. The first-order valence-corrected chi connectivity index (χ1v) is 8.46. The Balaban J connectivity index is 2.01. The molecule has 1 fully saturated rings. The van der Waals surface area contributed by atoms with E-state index < -0.39 is 0 Å². The molecule has 0 aromatic rings. The first-order valence-electron chi connectivity index (χ1n) is 8.46. The van der Waals surface area contributed by atoms with Crippen LogP contribution in [0.1, 0.15) is 90.9 Å². The minimum absolute atomic E-state index is 0.00557. The number of aliphatic hydroxyl groups is 1. The summed E-state index contributed by atoms with van der Waals surface area (Å²) in [7, 11) is 0. The average Bonchev–Trinajstić information content (AvgIpc) is 2.42. The van der Waals surface area contributed by atoms with Gasteiger partial charge in [0.1, 0.15) is 0 Å². The Labute approximate surface area is 114 Å². The van der Waals surface area contributed by atoms with Gasteiger partial charge in [-0.2, -0.15) is 0 Å². The van der Waals surface area contributed by atoms with Crippen molar-refractivity contribution in [3.8, 4) is 0 Å². The molecule has 1 aliphatic carbocycles. The number of unbranched alkanes of at least 4 members (excludes halogenated alkanes) is 5. The lowest BCUT2D eigenvalue weighted by atomic mass is 9.77. The Morgan fingerprint density at radius 2 is 1.50 bits per heavy atom. The van der Waals surface area contributed by atoms with Gasteiger partial charge in [-0.1, -0.05) is 71.6 Å². The largest absolute Gasteiger partial charge is 0.393 e. The van der Waals surface area contributed by atoms with E-state index >= 15 is 0 Å². The lowest BCUT2D eigenvalue weighted by Crippen LogP contribution is -2.25. The minimum atomic E-state index is -0.00557. The molecule has 0 radical (unpaired) electrons. The summed E-state index contributed by atoms with van der Waals surface area (Å²) in [6.07, 6.45) is 15.6. The van der Waals surface area contributed by atoms with Crippen LogP contribution < -0.4 is 0 Å². The van der Waals surface area contributed by atoms with Crippen LogP contribution in [0.25, 0.3) is 0 Å². The van der Waals surface area contributed by atoms with Crippen molar-refractivity contribution in [3.63, 3.8) is 0 Å². The Bertz CT molecular complexity index is 182. The molecule has 0 saturated heterocycles. The molecule has 0 aromatic heterocycles. The third kappa shape index (κ3) is 6.22. The van der Waals surface area contributed by atoms with Gasteiger partial charge >= 0.3 is 0 Å². The molecule has 1 saturated carbocycles. The van der Waals surface area contributed by atoms with Crippen LogP contribution in [0.15, 0.2) is 0 Å². The maximum Gasteiger partial charge on any atom is 0.0568 e. The Morgan fingerprint density at radius 3 is 2.11 bits per heavy atom. The van der Waals surface area contributed by atoms with Gasteiger partial charge in [0.15, 0.2) is 0 Å². The molecular weight excluding hydrogens is 220 g/mol. The molecule has 1 nitrogen and oxygen atoms in total. The van der Waals surface area contributed by atoms with Crippen molar-refractivity contribution >= 4 is 0 Å². The van der Waals surface area contributed by atoms with E-state index in [4.69, 9.17) is 0 Å². The molecule has 0 aromatic carbocycles. The molecule has 18 heavy (non-hydrogen) atoms. The zero-order valence-corrected chi connectivity index (χ0v) is 12.7. The molecule has 0 amide bonds. The predicted molar refractivity (Wildman–Crippen MR) is 79.7 cm³/mol. The zero-order valence-electron chi connectivity index (χ0n) is 12.7.